The minimum atomic E-state index is -0.384. The van der Waals surface area contributed by atoms with Gasteiger partial charge in [0, 0.05) is 23.6 Å². The first-order valence-electron chi connectivity index (χ1n) is 10.6. The smallest absolute Gasteiger partial charge is 0.336 e. The van der Waals surface area contributed by atoms with Gasteiger partial charge in [0.15, 0.2) is 0 Å². The third-order valence-corrected chi connectivity index (χ3v) is 5.31. The summed E-state index contributed by atoms with van der Waals surface area (Å²) in [6.07, 6.45) is 3.15. The van der Waals surface area contributed by atoms with Crippen LogP contribution in [0.2, 0.25) is 5.02 Å². The van der Waals surface area contributed by atoms with Crippen LogP contribution in [0.4, 0.5) is 5.69 Å². The molecule has 1 amide bonds. The monoisotopic (exact) mass is 475 g/mol. The van der Waals surface area contributed by atoms with E-state index in [2.05, 4.69) is 5.32 Å². The van der Waals surface area contributed by atoms with Crippen LogP contribution >= 0.6 is 11.6 Å². The van der Waals surface area contributed by atoms with Gasteiger partial charge >= 0.3 is 5.63 Å². The molecule has 7 heteroatoms. The Morgan fingerprint density at radius 3 is 2.44 bits per heavy atom. The lowest BCUT2D eigenvalue weighted by atomic mass is 10.1. The highest BCUT2D eigenvalue weighted by atomic mass is 35.5. The van der Waals surface area contributed by atoms with E-state index in [9.17, 15) is 9.59 Å². The molecule has 0 aliphatic rings. The first-order chi connectivity index (χ1) is 16.5. The molecule has 172 valence electrons. The maximum Gasteiger partial charge on any atom is 0.336 e. The van der Waals surface area contributed by atoms with Crippen LogP contribution < -0.4 is 20.4 Å². The Labute approximate surface area is 201 Å². The van der Waals surface area contributed by atoms with Crippen molar-refractivity contribution in [1.29, 1.82) is 0 Å². The average Bonchev–Trinajstić information content (AvgIpc) is 2.82. The first-order valence-corrected chi connectivity index (χ1v) is 11.0. The quantitative estimate of drug-likeness (QED) is 0.196. The zero-order valence-electron chi connectivity index (χ0n) is 18.4. The molecule has 0 fully saturated rings. The van der Waals surface area contributed by atoms with Crippen molar-refractivity contribution in [2.24, 2.45) is 0 Å². The van der Waals surface area contributed by atoms with Crippen molar-refractivity contribution in [1.82, 2.24) is 0 Å². The number of ether oxygens (including phenoxy) is 2. The largest absolute Gasteiger partial charge is 0.490 e. The van der Waals surface area contributed by atoms with E-state index < -0.39 is 0 Å². The van der Waals surface area contributed by atoms with Crippen LogP contribution in [0.3, 0.4) is 0 Å². The standard InChI is InChI=1S/C27H22ClNO5/c1-18-16-27(31)34-25-17-21(11-12-22(18)25)33-15-14-32-20-9-6-19(7-10-20)8-13-26(30)29-24-5-3-2-4-23(24)28/h2-13,16-17H,14-15H2,1H3,(H,29,30)/b13-8+. The summed E-state index contributed by atoms with van der Waals surface area (Å²) in [6, 6.07) is 21.3. The summed E-state index contributed by atoms with van der Waals surface area (Å²) < 4.78 is 16.7. The molecule has 0 radical (unpaired) electrons. The Kier molecular flexibility index (Phi) is 7.30. The minimum absolute atomic E-state index is 0.270. The fourth-order valence-electron chi connectivity index (χ4n) is 3.30. The zero-order chi connectivity index (χ0) is 23.9. The number of anilines is 1. The Bertz CT molecular complexity index is 1390. The molecule has 0 aliphatic heterocycles. The number of aryl methyl sites for hydroxylation is 1. The molecule has 4 rings (SSSR count). The summed E-state index contributed by atoms with van der Waals surface area (Å²) in [7, 11) is 0. The van der Waals surface area contributed by atoms with Crippen molar-refractivity contribution in [3.8, 4) is 11.5 Å². The molecule has 0 spiro atoms. The molecular formula is C27H22ClNO5. The van der Waals surface area contributed by atoms with E-state index >= 15 is 0 Å². The van der Waals surface area contributed by atoms with Gasteiger partial charge in [0.25, 0.3) is 0 Å². The van der Waals surface area contributed by atoms with Gasteiger partial charge in [0.05, 0.1) is 10.7 Å². The summed E-state index contributed by atoms with van der Waals surface area (Å²) in [4.78, 5) is 23.6. The molecule has 0 saturated heterocycles. The van der Waals surface area contributed by atoms with E-state index in [0.29, 0.717) is 41.0 Å². The SMILES string of the molecule is Cc1cc(=O)oc2cc(OCCOc3ccc(/C=C/C(=O)Nc4ccccc4Cl)cc3)ccc12. The van der Waals surface area contributed by atoms with Crippen molar-refractivity contribution >= 4 is 40.2 Å². The van der Waals surface area contributed by atoms with Crippen LogP contribution in [-0.2, 0) is 4.79 Å². The van der Waals surface area contributed by atoms with Crippen molar-refractivity contribution in [3.63, 3.8) is 0 Å². The Balaban J connectivity index is 1.25. The van der Waals surface area contributed by atoms with E-state index in [1.54, 1.807) is 36.4 Å². The van der Waals surface area contributed by atoms with Crippen LogP contribution in [0.25, 0.3) is 17.0 Å². The van der Waals surface area contributed by atoms with E-state index in [1.807, 2.05) is 43.3 Å². The maximum atomic E-state index is 12.1. The number of amides is 1. The van der Waals surface area contributed by atoms with Crippen LogP contribution in [0.15, 0.2) is 88.1 Å². The molecule has 1 N–H and O–H groups in total. The van der Waals surface area contributed by atoms with E-state index in [1.165, 1.54) is 12.1 Å². The highest BCUT2D eigenvalue weighted by Gasteiger charge is 2.05. The maximum absolute atomic E-state index is 12.1. The second-order valence-corrected chi connectivity index (χ2v) is 7.88. The number of carbonyl (C=O) groups excluding carboxylic acids is 1. The summed E-state index contributed by atoms with van der Waals surface area (Å²) in [5.74, 6) is 1.01. The number of rotatable bonds is 8. The highest BCUT2D eigenvalue weighted by Crippen LogP contribution is 2.23. The van der Waals surface area contributed by atoms with Gasteiger partial charge in [-0.15, -0.1) is 0 Å². The zero-order valence-corrected chi connectivity index (χ0v) is 19.2. The van der Waals surface area contributed by atoms with E-state index in [0.717, 1.165) is 16.5 Å². The summed E-state index contributed by atoms with van der Waals surface area (Å²) in [6.45, 7) is 2.53. The second kappa shape index (κ2) is 10.7. The van der Waals surface area contributed by atoms with Gasteiger partial charge < -0.3 is 19.2 Å². The lowest BCUT2D eigenvalue weighted by Crippen LogP contribution is -2.09. The number of para-hydroxylation sites is 1. The van der Waals surface area contributed by atoms with E-state index in [-0.39, 0.29) is 11.5 Å². The number of hydrogen-bond donors (Lipinski definition) is 1. The van der Waals surface area contributed by atoms with Crippen molar-refractivity contribution in [3.05, 3.63) is 105 Å². The fourth-order valence-corrected chi connectivity index (χ4v) is 3.48. The van der Waals surface area contributed by atoms with Crippen molar-refractivity contribution in [2.45, 2.75) is 6.92 Å². The molecule has 3 aromatic carbocycles. The third-order valence-electron chi connectivity index (χ3n) is 4.98. The summed E-state index contributed by atoms with van der Waals surface area (Å²) >= 11 is 6.05. The van der Waals surface area contributed by atoms with Gasteiger partial charge in [-0.05, 0) is 60.5 Å². The first kappa shape index (κ1) is 23.1. The molecule has 34 heavy (non-hydrogen) atoms. The molecule has 0 bridgehead atoms. The molecule has 0 unspecified atom stereocenters. The molecule has 1 heterocycles. The normalized spacial score (nSPS) is 11.0. The van der Waals surface area contributed by atoms with Crippen molar-refractivity contribution in [2.75, 3.05) is 18.5 Å². The Hall–Kier alpha value is -4.03. The summed E-state index contributed by atoms with van der Waals surface area (Å²) in [5.41, 5.74) is 2.39. The Morgan fingerprint density at radius 1 is 0.971 bits per heavy atom. The van der Waals surface area contributed by atoms with Crippen LogP contribution in [0.1, 0.15) is 11.1 Å². The van der Waals surface area contributed by atoms with Crippen LogP contribution in [-0.4, -0.2) is 19.1 Å². The molecule has 0 saturated carbocycles. The third kappa shape index (κ3) is 6.05. The second-order valence-electron chi connectivity index (χ2n) is 7.47. The van der Waals surface area contributed by atoms with Gasteiger partial charge in [0.2, 0.25) is 5.91 Å². The minimum Gasteiger partial charge on any atom is -0.490 e. The predicted molar refractivity (Wildman–Crippen MR) is 134 cm³/mol. The topological polar surface area (TPSA) is 77.8 Å². The molecule has 0 atom stereocenters. The Morgan fingerprint density at radius 2 is 1.68 bits per heavy atom. The highest BCUT2D eigenvalue weighted by molar-refractivity contribution is 6.33. The number of halogens is 1. The molecule has 4 aromatic rings. The van der Waals surface area contributed by atoms with Crippen LogP contribution in [0, 0.1) is 6.92 Å². The summed E-state index contributed by atoms with van der Waals surface area (Å²) in [5, 5.41) is 4.09. The van der Waals surface area contributed by atoms with Gasteiger partial charge in [-0.25, -0.2) is 4.79 Å². The number of hydrogen-bond acceptors (Lipinski definition) is 5. The molecule has 6 nitrogen and oxygen atoms in total. The lowest BCUT2D eigenvalue weighted by molar-refractivity contribution is -0.111. The van der Waals surface area contributed by atoms with Gasteiger partial charge in [-0.2, -0.15) is 0 Å². The van der Waals surface area contributed by atoms with Gasteiger partial charge in [0.1, 0.15) is 30.3 Å². The lowest BCUT2D eigenvalue weighted by Gasteiger charge is -2.09. The predicted octanol–water partition coefficient (Wildman–Crippen LogP) is 5.86. The van der Waals surface area contributed by atoms with Gasteiger partial charge in [-0.3, -0.25) is 4.79 Å². The number of nitrogens with one attached hydrogen (secondary N) is 1. The van der Waals surface area contributed by atoms with Gasteiger partial charge in [-0.1, -0.05) is 35.9 Å². The number of carbonyl (C=O) groups is 1. The van der Waals surface area contributed by atoms with E-state index in [4.69, 9.17) is 25.5 Å². The number of benzene rings is 3. The van der Waals surface area contributed by atoms with Crippen molar-refractivity contribution < 1.29 is 18.7 Å². The molecule has 0 aliphatic carbocycles. The fraction of sp³-hybridized carbons (Fsp3) is 0.111. The molecular weight excluding hydrogens is 454 g/mol. The molecule has 1 aromatic heterocycles. The number of fused-ring (bicyclic) bond motifs is 1. The average molecular weight is 476 g/mol. The van der Waals surface area contributed by atoms with Crippen LogP contribution in [0.5, 0.6) is 11.5 Å².